The van der Waals surface area contributed by atoms with E-state index in [1.165, 1.54) is 6.39 Å². The van der Waals surface area contributed by atoms with E-state index >= 15 is 0 Å². The van der Waals surface area contributed by atoms with Crippen LogP contribution in [0.5, 0.6) is 0 Å². The second kappa shape index (κ2) is 4.29. The van der Waals surface area contributed by atoms with Crippen LogP contribution in [-0.2, 0) is 0 Å². The van der Waals surface area contributed by atoms with Crippen molar-refractivity contribution in [2.45, 2.75) is 0 Å². The maximum absolute atomic E-state index is 12.0. The molecule has 5 nitrogen and oxygen atoms in total. The number of nitrogens with one attached hydrogen (secondary N) is 1. The first kappa shape index (κ1) is 10.5. The van der Waals surface area contributed by atoms with Gasteiger partial charge in [0.25, 0.3) is 5.91 Å². The highest BCUT2D eigenvalue weighted by molar-refractivity contribution is 6.05. The molecule has 3 rings (SSSR count). The van der Waals surface area contributed by atoms with E-state index in [0.717, 1.165) is 5.52 Å². The Bertz CT molecular complexity index is 692. The second-order valence-corrected chi connectivity index (χ2v) is 3.70. The van der Waals surface area contributed by atoms with Gasteiger partial charge in [-0.3, -0.25) is 4.79 Å². The number of hydrogen-bond acceptors (Lipinski definition) is 4. The highest BCUT2D eigenvalue weighted by atomic mass is 16.3. The number of rotatable bonds is 2. The minimum atomic E-state index is -0.230. The first-order valence-electron chi connectivity index (χ1n) is 5.38. The molecule has 0 bridgehead atoms. The number of carbonyl (C=O) groups is 1. The van der Waals surface area contributed by atoms with Gasteiger partial charge in [0.1, 0.15) is 11.3 Å². The lowest BCUT2D eigenvalue weighted by Crippen LogP contribution is -2.12. The summed E-state index contributed by atoms with van der Waals surface area (Å²) in [5, 5.41) is 2.70. The van der Waals surface area contributed by atoms with Crippen molar-refractivity contribution in [3.05, 3.63) is 54.6 Å². The molecule has 0 radical (unpaired) electrons. The molecule has 1 N–H and O–H groups in total. The maximum Gasteiger partial charge on any atom is 0.256 e. The smallest absolute Gasteiger partial charge is 0.256 e. The van der Waals surface area contributed by atoms with Gasteiger partial charge in [-0.25, -0.2) is 9.97 Å². The number of anilines is 1. The number of oxazole rings is 1. The van der Waals surface area contributed by atoms with Crippen LogP contribution in [0, 0.1) is 0 Å². The van der Waals surface area contributed by atoms with Crippen molar-refractivity contribution in [1.82, 2.24) is 9.97 Å². The average Bonchev–Trinajstić information content (AvgIpc) is 2.87. The van der Waals surface area contributed by atoms with E-state index in [1.54, 1.807) is 36.5 Å². The number of pyridine rings is 1. The molecule has 1 amide bonds. The number of nitrogens with zero attached hydrogens (tertiary/aromatic N) is 2. The lowest BCUT2D eigenvalue weighted by molar-refractivity contribution is 0.102. The summed E-state index contributed by atoms with van der Waals surface area (Å²) < 4.78 is 5.15. The zero-order valence-electron chi connectivity index (χ0n) is 9.33. The first-order chi connectivity index (χ1) is 8.83. The summed E-state index contributed by atoms with van der Waals surface area (Å²) >= 11 is 0. The molecule has 5 heteroatoms. The summed E-state index contributed by atoms with van der Waals surface area (Å²) in [6, 6.07) is 10.4. The summed E-state index contributed by atoms with van der Waals surface area (Å²) in [6.07, 6.45) is 2.97. The van der Waals surface area contributed by atoms with Crippen molar-refractivity contribution >= 4 is 22.8 Å². The van der Waals surface area contributed by atoms with Gasteiger partial charge in [-0.15, -0.1) is 0 Å². The number of benzene rings is 1. The van der Waals surface area contributed by atoms with Gasteiger partial charge in [-0.05, 0) is 30.3 Å². The minimum Gasteiger partial charge on any atom is -0.443 e. The molecule has 0 fully saturated rings. The fourth-order valence-electron chi connectivity index (χ4n) is 1.62. The van der Waals surface area contributed by atoms with Crippen LogP contribution in [0.15, 0.2) is 53.4 Å². The SMILES string of the molecule is O=C(Nc1ccccn1)c1ccc2ncoc2c1. The molecular formula is C13H9N3O2. The van der Waals surface area contributed by atoms with Crippen molar-refractivity contribution in [2.24, 2.45) is 0 Å². The molecule has 0 aliphatic heterocycles. The van der Waals surface area contributed by atoms with Gasteiger partial charge in [-0.2, -0.15) is 0 Å². The van der Waals surface area contributed by atoms with Gasteiger partial charge in [0, 0.05) is 11.8 Å². The minimum absolute atomic E-state index is 0.230. The molecule has 0 saturated heterocycles. The average molecular weight is 239 g/mol. The highest BCUT2D eigenvalue weighted by Crippen LogP contribution is 2.15. The van der Waals surface area contributed by atoms with Crippen LogP contribution < -0.4 is 5.32 Å². The molecule has 1 aromatic carbocycles. The summed E-state index contributed by atoms with van der Waals surface area (Å²) in [4.78, 5) is 20.0. The van der Waals surface area contributed by atoms with E-state index in [2.05, 4.69) is 15.3 Å². The Morgan fingerprint density at radius 2 is 2.11 bits per heavy atom. The lowest BCUT2D eigenvalue weighted by atomic mass is 10.2. The number of carbonyl (C=O) groups excluding carboxylic acids is 1. The third-order valence-electron chi connectivity index (χ3n) is 2.50. The third kappa shape index (κ3) is 1.93. The molecule has 2 heterocycles. The normalized spacial score (nSPS) is 10.4. The van der Waals surface area contributed by atoms with Crippen molar-refractivity contribution < 1.29 is 9.21 Å². The van der Waals surface area contributed by atoms with Gasteiger partial charge in [0.15, 0.2) is 12.0 Å². The van der Waals surface area contributed by atoms with E-state index in [4.69, 9.17) is 4.42 Å². The monoisotopic (exact) mass is 239 g/mol. The Hall–Kier alpha value is -2.69. The predicted molar refractivity (Wildman–Crippen MR) is 66.2 cm³/mol. The van der Waals surface area contributed by atoms with Crippen molar-refractivity contribution in [3.8, 4) is 0 Å². The Morgan fingerprint density at radius 1 is 1.17 bits per heavy atom. The van der Waals surface area contributed by atoms with Crippen LogP contribution in [0.25, 0.3) is 11.1 Å². The molecule has 0 aliphatic rings. The van der Waals surface area contributed by atoms with Crippen LogP contribution in [0.4, 0.5) is 5.82 Å². The predicted octanol–water partition coefficient (Wildman–Crippen LogP) is 2.48. The van der Waals surface area contributed by atoms with E-state index in [1.807, 2.05) is 6.07 Å². The lowest BCUT2D eigenvalue weighted by Gasteiger charge is -2.03. The maximum atomic E-state index is 12.0. The molecular weight excluding hydrogens is 230 g/mol. The van der Waals surface area contributed by atoms with Crippen molar-refractivity contribution in [1.29, 1.82) is 0 Å². The molecule has 2 aromatic heterocycles. The first-order valence-corrected chi connectivity index (χ1v) is 5.38. The summed E-state index contributed by atoms with van der Waals surface area (Å²) in [5.41, 5.74) is 1.82. The number of amides is 1. The standard InChI is InChI=1S/C13H9N3O2/c17-13(16-12-3-1-2-6-14-12)9-4-5-10-11(7-9)18-8-15-10/h1-8H,(H,14,16,17). The fourth-order valence-corrected chi connectivity index (χ4v) is 1.62. The third-order valence-corrected chi connectivity index (χ3v) is 2.50. The van der Waals surface area contributed by atoms with Gasteiger partial charge < -0.3 is 9.73 Å². The quantitative estimate of drug-likeness (QED) is 0.745. The van der Waals surface area contributed by atoms with Crippen molar-refractivity contribution in [3.63, 3.8) is 0 Å². The van der Waals surface area contributed by atoms with Crippen LogP contribution in [0.1, 0.15) is 10.4 Å². The van der Waals surface area contributed by atoms with Crippen LogP contribution in [-0.4, -0.2) is 15.9 Å². The molecule has 0 spiro atoms. The van der Waals surface area contributed by atoms with Gasteiger partial charge in [0.05, 0.1) is 0 Å². The zero-order valence-corrected chi connectivity index (χ0v) is 9.33. The molecule has 0 atom stereocenters. The van der Waals surface area contributed by atoms with E-state index < -0.39 is 0 Å². The van der Waals surface area contributed by atoms with E-state index in [-0.39, 0.29) is 5.91 Å². The Balaban J connectivity index is 1.87. The molecule has 18 heavy (non-hydrogen) atoms. The molecule has 0 saturated carbocycles. The van der Waals surface area contributed by atoms with Gasteiger partial charge >= 0.3 is 0 Å². The Morgan fingerprint density at radius 3 is 2.94 bits per heavy atom. The fraction of sp³-hybridized carbons (Fsp3) is 0. The Kier molecular flexibility index (Phi) is 2.49. The topological polar surface area (TPSA) is 68.0 Å². The number of fused-ring (bicyclic) bond motifs is 1. The molecule has 88 valence electrons. The van der Waals surface area contributed by atoms with Crippen LogP contribution in [0.3, 0.4) is 0 Å². The summed E-state index contributed by atoms with van der Waals surface area (Å²) in [7, 11) is 0. The largest absolute Gasteiger partial charge is 0.443 e. The Labute approximate surface area is 102 Å². The van der Waals surface area contributed by atoms with Crippen LogP contribution in [0.2, 0.25) is 0 Å². The number of hydrogen-bond donors (Lipinski definition) is 1. The zero-order chi connectivity index (χ0) is 12.4. The molecule has 0 unspecified atom stereocenters. The molecule has 3 aromatic rings. The highest BCUT2D eigenvalue weighted by Gasteiger charge is 2.08. The van der Waals surface area contributed by atoms with Crippen molar-refractivity contribution in [2.75, 3.05) is 5.32 Å². The molecule has 0 aliphatic carbocycles. The summed E-state index contributed by atoms with van der Waals surface area (Å²) in [6.45, 7) is 0. The number of aromatic nitrogens is 2. The van der Waals surface area contributed by atoms with Crippen LogP contribution >= 0.6 is 0 Å². The summed E-state index contributed by atoms with van der Waals surface area (Å²) in [5.74, 6) is 0.284. The van der Waals surface area contributed by atoms with Gasteiger partial charge in [-0.1, -0.05) is 6.07 Å². The van der Waals surface area contributed by atoms with E-state index in [9.17, 15) is 4.79 Å². The van der Waals surface area contributed by atoms with Gasteiger partial charge in [0.2, 0.25) is 0 Å². The van der Waals surface area contributed by atoms with E-state index in [0.29, 0.717) is 17.0 Å². The second-order valence-electron chi connectivity index (χ2n) is 3.70.